The van der Waals surface area contributed by atoms with Gasteiger partial charge in [0.1, 0.15) is 0 Å². The van der Waals surface area contributed by atoms with Crippen molar-refractivity contribution in [3.63, 3.8) is 0 Å². The number of carbonyl (C=O) groups is 1. The summed E-state index contributed by atoms with van der Waals surface area (Å²) in [6.45, 7) is 0. The van der Waals surface area contributed by atoms with Crippen LogP contribution >= 0.6 is 0 Å². The Kier molecular flexibility index (Phi) is 3.94. The second-order valence-corrected chi connectivity index (χ2v) is 7.28. The van der Waals surface area contributed by atoms with Crippen LogP contribution in [0.2, 0.25) is 0 Å². The number of sulfone groups is 1. The summed E-state index contributed by atoms with van der Waals surface area (Å²) in [5, 5.41) is 13.8. The first kappa shape index (κ1) is 15.9. The first-order valence-corrected chi connectivity index (χ1v) is 8.95. The molecule has 122 valence electrons. The molecule has 0 aliphatic rings. The van der Waals surface area contributed by atoms with Gasteiger partial charge in [0.15, 0.2) is 15.5 Å². The fourth-order valence-corrected chi connectivity index (χ4v) is 2.95. The average molecular weight is 342 g/mol. The Bertz CT molecular complexity index is 991. The Hall–Kier alpha value is -2.93. The largest absolute Gasteiger partial charge is 0.477 e. The summed E-state index contributed by atoms with van der Waals surface area (Å²) in [5.41, 5.74) is 1.80. The minimum absolute atomic E-state index is 0.000888. The molecule has 2 aromatic carbocycles. The number of carboxylic acid groups (broad SMARTS) is 1. The standard InChI is InChI=1S/C17H14N2O4S/c1-24(22,23)14-9-7-13(8-10-14)19-16(17(20)21)11-15(18-19)12-5-3-2-4-6-12/h2-11H,1H3,(H,20,21). The van der Waals surface area contributed by atoms with Crippen molar-refractivity contribution in [3.05, 3.63) is 66.4 Å². The van der Waals surface area contributed by atoms with Crippen molar-refractivity contribution < 1.29 is 18.3 Å². The highest BCUT2D eigenvalue weighted by Crippen LogP contribution is 2.22. The fraction of sp³-hybridized carbons (Fsp3) is 0.0588. The van der Waals surface area contributed by atoms with Crippen LogP contribution in [0.25, 0.3) is 16.9 Å². The Morgan fingerprint density at radius 3 is 2.21 bits per heavy atom. The van der Waals surface area contributed by atoms with Crippen LogP contribution in [0.3, 0.4) is 0 Å². The lowest BCUT2D eigenvalue weighted by atomic mass is 10.1. The molecule has 3 rings (SSSR count). The smallest absolute Gasteiger partial charge is 0.354 e. The third kappa shape index (κ3) is 3.07. The third-order valence-corrected chi connectivity index (χ3v) is 4.64. The lowest BCUT2D eigenvalue weighted by Gasteiger charge is -2.05. The van der Waals surface area contributed by atoms with Crippen molar-refractivity contribution in [1.29, 1.82) is 0 Å². The molecule has 0 atom stereocenters. The zero-order valence-electron chi connectivity index (χ0n) is 12.7. The third-order valence-electron chi connectivity index (χ3n) is 3.51. The van der Waals surface area contributed by atoms with E-state index in [0.717, 1.165) is 11.8 Å². The zero-order valence-corrected chi connectivity index (χ0v) is 13.6. The van der Waals surface area contributed by atoms with E-state index in [-0.39, 0.29) is 10.6 Å². The van der Waals surface area contributed by atoms with E-state index in [1.54, 1.807) is 0 Å². The lowest BCUT2D eigenvalue weighted by Crippen LogP contribution is -2.08. The molecule has 0 aliphatic carbocycles. The highest BCUT2D eigenvalue weighted by Gasteiger charge is 2.17. The van der Waals surface area contributed by atoms with Gasteiger partial charge in [-0.05, 0) is 30.3 Å². The zero-order chi connectivity index (χ0) is 17.3. The molecule has 24 heavy (non-hydrogen) atoms. The van der Waals surface area contributed by atoms with Gasteiger partial charge >= 0.3 is 5.97 Å². The monoisotopic (exact) mass is 342 g/mol. The molecule has 1 N–H and O–H groups in total. The van der Waals surface area contributed by atoms with E-state index in [1.165, 1.54) is 35.0 Å². The van der Waals surface area contributed by atoms with Crippen LogP contribution in [0.4, 0.5) is 0 Å². The molecule has 1 aromatic heterocycles. The van der Waals surface area contributed by atoms with E-state index < -0.39 is 15.8 Å². The van der Waals surface area contributed by atoms with Gasteiger partial charge in [0.25, 0.3) is 0 Å². The summed E-state index contributed by atoms with van der Waals surface area (Å²) in [4.78, 5) is 11.7. The quantitative estimate of drug-likeness (QED) is 0.787. The molecule has 0 amide bonds. The Balaban J connectivity index is 2.10. The van der Waals surface area contributed by atoms with Crippen molar-refractivity contribution in [1.82, 2.24) is 9.78 Å². The predicted molar refractivity (Wildman–Crippen MR) is 89.1 cm³/mol. The number of hydrogen-bond donors (Lipinski definition) is 1. The molecule has 3 aromatic rings. The summed E-state index contributed by atoms with van der Waals surface area (Å²) >= 11 is 0. The summed E-state index contributed by atoms with van der Waals surface area (Å²) in [7, 11) is -3.31. The minimum atomic E-state index is -3.31. The van der Waals surface area contributed by atoms with E-state index in [9.17, 15) is 18.3 Å². The SMILES string of the molecule is CS(=O)(=O)c1ccc(-n2nc(-c3ccccc3)cc2C(=O)O)cc1. The number of hydrogen-bond acceptors (Lipinski definition) is 4. The second kappa shape index (κ2) is 5.93. The molecule has 1 heterocycles. The Morgan fingerprint density at radius 1 is 1.04 bits per heavy atom. The maximum absolute atomic E-state index is 11.5. The maximum atomic E-state index is 11.5. The summed E-state index contributed by atoms with van der Waals surface area (Å²) in [5.74, 6) is -1.11. The highest BCUT2D eigenvalue weighted by molar-refractivity contribution is 7.90. The van der Waals surface area contributed by atoms with Gasteiger partial charge in [-0.3, -0.25) is 0 Å². The van der Waals surface area contributed by atoms with E-state index in [4.69, 9.17) is 0 Å². The number of carboxylic acids is 1. The highest BCUT2D eigenvalue weighted by atomic mass is 32.2. The Labute approximate surface area is 138 Å². The Morgan fingerprint density at radius 2 is 1.67 bits per heavy atom. The van der Waals surface area contributed by atoms with Gasteiger partial charge in [0.2, 0.25) is 0 Å². The number of aromatic nitrogens is 2. The van der Waals surface area contributed by atoms with Crippen LogP contribution in [0, 0.1) is 0 Å². The molecule has 0 fully saturated rings. The van der Waals surface area contributed by atoms with Gasteiger partial charge < -0.3 is 5.11 Å². The van der Waals surface area contributed by atoms with Crippen LogP contribution in [0.15, 0.2) is 65.6 Å². The van der Waals surface area contributed by atoms with Gasteiger partial charge in [0, 0.05) is 11.8 Å². The van der Waals surface area contributed by atoms with Crippen LogP contribution < -0.4 is 0 Å². The molecule has 7 heteroatoms. The normalized spacial score (nSPS) is 11.4. The predicted octanol–water partition coefficient (Wildman–Crippen LogP) is 2.64. The van der Waals surface area contributed by atoms with Crippen LogP contribution in [0.5, 0.6) is 0 Å². The number of aromatic carboxylic acids is 1. The van der Waals surface area contributed by atoms with Gasteiger partial charge in [0.05, 0.1) is 16.3 Å². The minimum Gasteiger partial charge on any atom is -0.477 e. The molecular weight excluding hydrogens is 328 g/mol. The summed E-state index contributed by atoms with van der Waals surface area (Å²) in [6.07, 6.45) is 1.12. The fourth-order valence-electron chi connectivity index (χ4n) is 2.31. The van der Waals surface area contributed by atoms with Gasteiger partial charge in [-0.1, -0.05) is 30.3 Å². The van der Waals surface area contributed by atoms with Crippen LogP contribution in [-0.4, -0.2) is 35.5 Å². The van der Waals surface area contributed by atoms with E-state index >= 15 is 0 Å². The van der Waals surface area contributed by atoms with E-state index in [0.29, 0.717) is 11.4 Å². The average Bonchev–Trinajstić information content (AvgIpc) is 3.00. The molecule has 0 spiro atoms. The lowest BCUT2D eigenvalue weighted by molar-refractivity contribution is 0.0687. The maximum Gasteiger partial charge on any atom is 0.354 e. The second-order valence-electron chi connectivity index (χ2n) is 5.26. The first-order chi connectivity index (χ1) is 11.4. The molecule has 6 nitrogen and oxygen atoms in total. The van der Waals surface area contributed by atoms with Crippen LogP contribution in [0.1, 0.15) is 10.5 Å². The molecule has 0 bridgehead atoms. The number of nitrogens with zero attached hydrogens (tertiary/aromatic N) is 2. The molecule has 0 unspecified atom stereocenters. The first-order valence-electron chi connectivity index (χ1n) is 7.05. The molecule has 0 aliphatic heterocycles. The summed E-state index contributed by atoms with van der Waals surface area (Å²) in [6, 6.07) is 16.6. The van der Waals surface area contributed by atoms with Crippen molar-refractivity contribution in [2.24, 2.45) is 0 Å². The molecular formula is C17H14N2O4S. The van der Waals surface area contributed by atoms with Crippen molar-refractivity contribution in [2.45, 2.75) is 4.90 Å². The van der Waals surface area contributed by atoms with Crippen molar-refractivity contribution >= 4 is 15.8 Å². The number of rotatable bonds is 4. The van der Waals surface area contributed by atoms with E-state index in [1.807, 2.05) is 30.3 Å². The van der Waals surface area contributed by atoms with Crippen molar-refractivity contribution in [3.8, 4) is 16.9 Å². The molecule has 0 saturated heterocycles. The number of benzene rings is 2. The van der Waals surface area contributed by atoms with E-state index in [2.05, 4.69) is 5.10 Å². The summed E-state index contributed by atoms with van der Waals surface area (Å²) < 4.78 is 24.3. The van der Waals surface area contributed by atoms with Crippen LogP contribution in [-0.2, 0) is 9.84 Å². The van der Waals surface area contributed by atoms with Crippen molar-refractivity contribution in [2.75, 3.05) is 6.26 Å². The topological polar surface area (TPSA) is 89.3 Å². The molecule has 0 saturated carbocycles. The van der Waals surface area contributed by atoms with Gasteiger partial charge in [-0.25, -0.2) is 17.9 Å². The van der Waals surface area contributed by atoms with Gasteiger partial charge in [-0.2, -0.15) is 5.10 Å². The van der Waals surface area contributed by atoms with Gasteiger partial charge in [-0.15, -0.1) is 0 Å². The molecule has 0 radical (unpaired) electrons.